The lowest BCUT2D eigenvalue weighted by atomic mass is 9.94. The molecular weight excluding hydrogens is 348 g/mol. The van der Waals surface area contributed by atoms with Crippen LogP contribution in [0.25, 0.3) is 32.8 Å². The third kappa shape index (κ3) is 2.77. The Bertz CT molecular complexity index is 1200. The van der Waals surface area contributed by atoms with Crippen LogP contribution in [0.1, 0.15) is 28.5 Å². The quantitative estimate of drug-likeness (QED) is 0.516. The minimum Gasteiger partial charge on any atom is -0.462 e. The van der Waals surface area contributed by atoms with Crippen molar-refractivity contribution in [1.29, 1.82) is 0 Å². The molecule has 0 bridgehead atoms. The molecule has 0 saturated heterocycles. The lowest BCUT2D eigenvalue weighted by Crippen LogP contribution is -2.12. The van der Waals surface area contributed by atoms with Crippen molar-refractivity contribution >= 4 is 27.6 Å². The first-order valence-electron chi connectivity index (χ1n) is 9.54. The van der Waals surface area contributed by atoms with Crippen LogP contribution in [0.4, 0.5) is 0 Å². The third-order valence-corrected chi connectivity index (χ3v) is 5.42. The molecule has 1 heterocycles. The largest absolute Gasteiger partial charge is 0.462 e. The maximum absolute atomic E-state index is 12.5. The standard InChI is InChI=1S/C24H24N2O2/c1-4-28-24(27)23-19-12-11-17(13-20(19)26(3)21(23)14-25)18-10-6-9-16-8-5-7-15(2)22(16)18/h5-13H,4,14,25H2,1-3H3. The minimum atomic E-state index is -0.317. The Hall–Kier alpha value is -3.11. The number of esters is 1. The van der Waals surface area contributed by atoms with Gasteiger partial charge >= 0.3 is 5.97 Å². The van der Waals surface area contributed by atoms with Crippen molar-refractivity contribution in [2.45, 2.75) is 20.4 Å². The Labute approximate surface area is 164 Å². The van der Waals surface area contributed by atoms with Crippen molar-refractivity contribution in [2.24, 2.45) is 12.8 Å². The number of aromatic nitrogens is 1. The van der Waals surface area contributed by atoms with E-state index < -0.39 is 0 Å². The zero-order valence-corrected chi connectivity index (χ0v) is 16.5. The van der Waals surface area contributed by atoms with Crippen LogP contribution in [0.15, 0.2) is 54.6 Å². The van der Waals surface area contributed by atoms with Gasteiger partial charge in [0.2, 0.25) is 0 Å². The summed E-state index contributed by atoms with van der Waals surface area (Å²) in [4.78, 5) is 12.5. The molecule has 0 fully saturated rings. The average molecular weight is 372 g/mol. The van der Waals surface area contributed by atoms with Crippen LogP contribution in [-0.4, -0.2) is 17.1 Å². The number of carbonyl (C=O) groups is 1. The van der Waals surface area contributed by atoms with Crippen LogP contribution in [0.2, 0.25) is 0 Å². The van der Waals surface area contributed by atoms with Crippen molar-refractivity contribution in [3.63, 3.8) is 0 Å². The number of rotatable bonds is 4. The third-order valence-electron chi connectivity index (χ3n) is 5.42. The summed E-state index contributed by atoms with van der Waals surface area (Å²) in [5, 5.41) is 3.35. The molecular formula is C24H24N2O2. The number of hydrogen-bond acceptors (Lipinski definition) is 3. The second-order valence-corrected chi connectivity index (χ2v) is 7.02. The van der Waals surface area contributed by atoms with Gasteiger partial charge in [-0.2, -0.15) is 0 Å². The maximum atomic E-state index is 12.5. The molecule has 0 unspecified atom stereocenters. The van der Waals surface area contributed by atoms with E-state index in [4.69, 9.17) is 10.5 Å². The van der Waals surface area contributed by atoms with Gasteiger partial charge in [0.1, 0.15) is 0 Å². The number of nitrogens with zero attached hydrogens (tertiary/aromatic N) is 1. The van der Waals surface area contributed by atoms with E-state index in [1.165, 1.54) is 21.9 Å². The molecule has 0 radical (unpaired) electrons. The maximum Gasteiger partial charge on any atom is 0.340 e. The molecule has 142 valence electrons. The number of ether oxygens (including phenoxy) is 1. The number of benzene rings is 3. The highest BCUT2D eigenvalue weighted by Gasteiger charge is 2.22. The summed E-state index contributed by atoms with van der Waals surface area (Å²) >= 11 is 0. The molecule has 4 nitrogen and oxygen atoms in total. The molecule has 0 aliphatic rings. The number of hydrogen-bond donors (Lipinski definition) is 1. The van der Waals surface area contributed by atoms with Gasteiger partial charge in [0.05, 0.1) is 12.2 Å². The highest BCUT2D eigenvalue weighted by Crippen LogP contribution is 2.35. The molecule has 0 aliphatic heterocycles. The van der Waals surface area contributed by atoms with Gasteiger partial charge in [-0.25, -0.2) is 4.79 Å². The van der Waals surface area contributed by atoms with Gasteiger partial charge in [0, 0.05) is 30.2 Å². The van der Waals surface area contributed by atoms with E-state index in [0.29, 0.717) is 12.2 Å². The highest BCUT2D eigenvalue weighted by molar-refractivity contribution is 6.08. The van der Waals surface area contributed by atoms with Crippen LogP contribution in [0.3, 0.4) is 0 Å². The summed E-state index contributed by atoms with van der Waals surface area (Å²) < 4.78 is 7.28. The van der Waals surface area contributed by atoms with E-state index in [-0.39, 0.29) is 12.5 Å². The van der Waals surface area contributed by atoms with Crippen LogP contribution in [0, 0.1) is 6.92 Å². The summed E-state index contributed by atoms with van der Waals surface area (Å²) in [6.45, 7) is 4.57. The monoisotopic (exact) mass is 372 g/mol. The van der Waals surface area contributed by atoms with Crippen molar-refractivity contribution in [2.75, 3.05) is 6.61 Å². The smallest absolute Gasteiger partial charge is 0.340 e. The number of carbonyl (C=O) groups excluding carboxylic acids is 1. The van der Waals surface area contributed by atoms with Crippen LogP contribution in [-0.2, 0) is 18.3 Å². The fourth-order valence-electron chi connectivity index (χ4n) is 4.10. The molecule has 0 amide bonds. The van der Waals surface area contributed by atoms with E-state index in [1.807, 2.05) is 24.6 Å². The molecule has 0 saturated carbocycles. The second kappa shape index (κ2) is 7.13. The lowest BCUT2D eigenvalue weighted by molar-refractivity contribution is 0.0527. The van der Waals surface area contributed by atoms with Crippen molar-refractivity contribution < 1.29 is 9.53 Å². The molecule has 0 aliphatic carbocycles. The fourth-order valence-corrected chi connectivity index (χ4v) is 4.10. The van der Waals surface area contributed by atoms with Crippen LogP contribution in [0.5, 0.6) is 0 Å². The molecule has 28 heavy (non-hydrogen) atoms. The van der Waals surface area contributed by atoms with Crippen LogP contribution >= 0.6 is 0 Å². The summed E-state index contributed by atoms with van der Waals surface area (Å²) in [6.07, 6.45) is 0. The summed E-state index contributed by atoms with van der Waals surface area (Å²) in [6, 6.07) is 18.9. The average Bonchev–Trinajstić information content (AvgIpc) is 2.99. The summed E-state index contributed by atoms with van der Waals surface area (Å²) in [5.41, 5.74) is 11.9. The molecule has 3 aromatic carbocycles. The minimum absolute atomic E-state index is 0.280. The Morgan fingerprint density at radius 1 is 1.11 bits per heavy atom. The van der Waals surface area contributed by atoms with E-state index in [0.717, 1.165) is 22.2 Å². The van der Waals surface area contributed by atoms with E-state index >= 15 is 0 Å². The molecule has 0 atom stereocenters. The van der Waals surface area contributed by atoms with E-state index in [1.54, 1.807) is 0 Å². The normalized spacial score (nSPS) is 11.3. The number of nitrogens with two attached hydrogens (primary N) is 1. The van der Waals surface area contributed by atoms with Gasteiger partial charge in [-0.15, -0.1) is 0 Å². The Balaban J connectivity index is 1.98. The zero-order chi connectivity index (χ0) is 19.8. The predicted molar refractivity (Wildman–Crippen MR) is 114 cm³/mol. The van der Waals surface area contributed by atoms with Gasteiger partial charge in [0.15, 0.2) is 0 Å². The Morgan fingerprint density at radius 2 is 1.86 bits per heavy atom. The Morgan fingerprint density at radius 3 is 2.57 bits per heavy atom. The van der Waals surface area contributed by atoms with Gasteiger partial charge < -0.3 is 15.0 Å². The first kappa shape index (κ1) is 18.3. The molecule has 2 N–H and O–H groups in total. The SMILES string of the molecule is CCOC(=O)c1c(CN)n(C)c2cc(-c3cccc4cccc(C)c34)ccc12. The number of aryl methyl sites for hydroxylation is 2. The van der Waals surface area contributed by atoms with Gasteiger partial charge in [-0.1, -0.05) is 48.5 Å². The molecule has 1 aromatic heterocycles. The van der Waals surface area contributed by atoms with Gasteiger partial charge in [-0.3, -0.25) is 0 Å². The zero-order valence-electron chi connectivity index (χ0n) is 16.5. The van der Waals surface area contributed by atoms with Crippen LogP contribution < -0.4 is 5.73 Å². The fraction of sp³-hybridized carbons (Fsp3) is 0.208. The lowest BCUT2D eigenvalue weighted by Gasteiger charge is -2.10. The van der Waals surface area contributed by atoms with Gasteiger partial charge in [-0.05, 0) is 47.4 Å². The summed E-state index contributed by atoms with van der Waals surface area (Å²) in [5.74, 6) is -0.317. The molecule has 4 aromatic rings. The molecule has 0 spiro atoms. The van der Waals surface area contributed by atoms with E-state index in [9.17, 15) is 4.79 Å². The molecule has 4 rings (SSSR count). The van der Waals surface area contributed by atoms with Crippen molar-refractivity contribution in [1.82, 2.24) is 4.57 Å². The first-order chi connectivity index (χ1) is 13.6. The molecule has 4 heteroatoms. The highest BCUT2D eigenvalue weighted by atomic mass is 16.5. The predicted octanol–water partition coefficient (Wildman–Crippen LogP) is 4.94. The first-order valence-corrected chi connectivity index (χ1v) is 9.54. The number of fused-ring (bicyclic) bond motifs is 2. The van der Waals surface area contributed by atoms with E-state index in [2.05, 4.69) is 55.5 Å². The second-order valence-electron chi connectivity index (χ2n) is 7.02. The van der Waals surface area contributed by atoms with Crippen molar-refractivity contribution in [3.8, 4) is 11.1 Å². The topological polar surface area (TPSA) is 57.2 Å². The Kier molecular flexibility index (Phi) is 4.65. The summed E-state index contributed by atoms with van der Waals surface area (Å²) in [7, 11) is 1.95. The van der Waals surface area contributed by atoms with Gasteiger partial charge in [0.25, 0.3) is 0 Å². The van der Waals surface area contributed by atoms with Crippen molar-refractivity contribution in [3.05, 3.63) is 71.4 Å².